The van der Waals surface area contributed by atoms with Crippen LogP contribution in [0, 0.1) is 0 Å². The van der Waals surface area contributed by atoms with Gasteiger partial charge in [0.25, 0.3) is 0 Å². The highest BCUT2D eigenvalue weighted by molar-refractivity contribution is 5.86. The number of nitrogens with two attached hydrogens (primary N) is 1. The average molecular weight is 392 g/mol. The highest BCUT2D eigenvalue weighted by Crippen LogP contribution is 2.12. The zero-order valence-electron chi connectivity index (χ0n) is 17.9. The molecule has 160 valence electrons. The van der Waals surface area contributed by atoms with Gasteiger partial charge in [0.15, 0.2) is 0 Å². The zero-order chi connectivity index (χ0) is 20.5. The van der Waals surface area contributed by atoms with Crippen molar-refractivity contribution >= 4 is 5.91 Å². The van der Waals surface area contributed by atoms with Crippen molar-refractivity contribution in [3.63, 3.8) is 0 Å². The van der Waals surface area contributed by atoms with E-state index in [0.29, 0.717) is 19.6 Å². The van der Waals surface area contributed by atoms with Crippen molar-refractivity contribution < 1.29 is 4.79 Å². The predicted molar refractivity (Wildman–Crippen MR) is 116 cm³/mol. The normalized spacial score (nSPS) is 10.9. The monoisotopic (exact) mass is 391 g/mol. The molecule has 0 aliphatic carbocycles. The van der Waals surface area contributed by atoms with Gasteiger partial charge in [0.05, 0.1) is 19.3 Å². The number of rotatable bonds is 18. The Kier molecular flexibility index (Phi) is 14.2. The number of nitrogens with zero attached hydrogens (tertiary/aromatic N) is 4. The van der Waals surface area contributed by atoms with Gasteiger partial charge < -0.3 is 10.6 Å². The molecule has 1 heterocycles. The zero-order valence-corrected chi connectivity index (χ0v) is 17.9. The Balaban J connectivity index is 2.13. The van der Waals surface area contributed by atoms with Crippen LogP contribution < -0.4 is 5.73 Å². The van der Waals surface area contributed by atoms with Crippen LogP contribution in [0.25, 0.3) is 0 Å². The van der Waals surface area contributed by atoms with E-state index in [4.69, 9.17) is 5.73 Å². The summed E-state index contributed by atoms with van der Waals surface area (Å²) in [5.41, 5.74) is 6.33. The molecule has 1 aromatic rings. The molecule has 0 atom stereocenters. The second-order valence-electron chi connectivity index (χ2n) is 7.61. The Bertz CT molecular complexity index is 529. The lowest BCUT2D eigenvalue weighted by Gasteiger charge is -2.19. The van der Waals surface area contributed by atoms with Crippen molar-refractivity contribution in [2.24, 2.45) is 5.73 Å². The third-order valence-electron chi connectivity index (χ3n) is 5.07. The van der Waals surface area contributed by atoms with E-state index < -0.39 is 0 Å². The molecule has 0 radical (unpaired) electrons. The molecule has 0 saturated heterocycles. The minimum Gasteiger partial charge on any atom is -0.333 e. The van der Waals surface area contributed by atoms with Crippen molar-refractivity contribution in [3.05, 3.63) is 24.5 Å². The summed E-state index contributed by atoms with van der Waals surface area (Å²) in [5.74, 6) is -0.0450. The van der Waals surface area contributed by atoms with Crippen molar-refractivity contribution in [2.75, 3.05) is 13.1 Å². The van der Waals surface area contributed by atoms with Crippen LogP contribution in [0.4, 0.5) is 0 Å². The smallest absolute Gasteiger partial charge is 0.246 e. The van der Waals surface area contributed by atoms with Crippen LogP contribution >= 0.6 is 0 Å². The molecule has 1 amide bonds. The van der Waals surface area contributed by atoms with Gasteiger partial charge in [0, 0.05) is 13.1 Å². The first-order valence-electron chi connectivity index (χ1n) is 11.2. The van der Waals surface area contributed by atoms with E-state index in [0.717, 1.165) is 25.1 Å². The molecule has 28 heavy (non-hydrogen) atoms. The van der Waals surface area contributed by atoms with E-state index in [-0.39, 0.29) is 5.91 Å². The standard InChI is InChI=1S/C22H41N5O/c1-3-5-6-7-8-9-10-11-12-13-14-15-17-26(22(28)4-2)19-21-20-27(18-16-23)25-24-21/h4,20H,2-3,5-19,23H2,1H3. The summed E-state index contributed by atoms with van der Waals surface area (Å²) >= 11 is 0. The van der Waals surface area contributed by atoms with Crippen LogP contribution in [-0.2, 0) is 17.9 Å². The molecule has 1 rings (SSSR count). The van der Waals surface area contributed by atoms with E-state index >= 15 is 0 Å². The van der Waals surface area contributed by atoms with Gasteiger partial charge in [0.2, 0.25) is 5.91 Å². The van der Waals surface area contributed by atoms with Crippen LogP contribution in [0.2, 0.25) is 0 Å². The van der Waals surface area contributed by atoms with E-state index in [1.807, 2.05) is 6.20 Å². The van der Waals surface area contributed by atoms with Gasteiger partial charge in [-0.05, 0) is 12.5 Å². The molecule has 0 unspecified atom stereocenters. The Morgan fingerprint density at radius 1 is 1.07 bits per heavy atom. The molecule has 0 aliphatic rings. The van der Waals surface area contributed by atoms with Gasteiger partial charge in [-0.1, -0.05) is 89.3 Å². The van der Waals surface area contributed by atoms with Gasteiger partial charge in [-0.2, -0.15) is 0 Å². The van der Waals surface area contributed by atoms with Gasteiger partial charge >= 0.3 is 0 Å². The summed E-state index contributed by atoms with van der Waals surface area (Å²) in [7, 11) is 0. The van der Waals surface area contributed by atoms with Gasteiger partial charge in [-0.3, -0.25) is 9.48 Å². The minimum atomic E-state index is -0.0450. The summed E-state index contributed by atoms with van der Waals surface area (Å²) in [4.78, 5) is 13.9. The second-order valence-corrected chi connectivity index (χ2v) is 7.61. The largest absolute Gasteiger partial charge is 0.333 e. The molecule has 0 saturated carbocycles. The van der Waals surface area contributed by atoms with Crippen LogP contribution in [0.3, 0.4) is 0 Å². The van der Waals surface area contributed by atoms with Crippen molar-refractivity contribution in [3.8, 4) is 0 Å². The van der Waals surface area contributed by atoms with Crippen molar-refractivity contribution in [1.29, 1.82) is 0 Å². The molecular formula is C22H41N5O. The summed E-state index contributed by atoms with van der Waals surface area (Å²) < 4.78 is 1.72. The van der Waals surface area contributed by atoms with Gasteiger partial charge in [-0.15, -0.1) is 5.10 Å². The fourth-order valence-corrected chi connectivity index (χ4v) is 3.39. The van der Waals surface area contributed by atoms with Crippen LogP contribution in [0.5, 0.6) is 0 Å². The minimum absolute atomic E-state index is 0.0450. The molecule has 2 N–H and O–H groups in total. The lowest BCUT2D eigenvalue weighted by Crippen LogP contribution is -2.30. The van der Waals surface area contributed by atoms with Crippen LogP contribution in [0.1, 0.15) is 89.7 Å². The van der Waals surface area contributed by atoms with Crippen molar-refractivity contribution in [1.82, 2.24) is 19.9 Å². The topological polar surface area (TPSA) is 77.0 Å². The summed E-state index contributed by atoms with van der Waals surface area (Å²) in [6, 6.07) is 0. The number of carbonyl (C=O) groups is 1. The first-order valence-corrected chi connectivity index (χ1v) is 11.2. The van der Waals surface area contributed by atoms with Crippen LogP contribution in [0.15, 0.2) is 18.9 Å². The lowest BCUT2D eigenvalue weighted by atomic mass is 10.1. The maximum absolute atomic E-state index is 12.1. The maximum atomic E-state index is 12.1. The number of hydrogen-bond donors (Lipinski definition) is 1. The number of unbranched alkanes of at least 4 members (excludes halogenated alkanes) is 11. The molecule has 1 aromatic heterocycles. The molecule has 0 aliphatic heterocycles. The summed E-state index contributed by atoms with van der Waals surface area (Å²) in [6.45, 7) is 8.27. The first-order chi connectivity index (χ1) is 13.7. The molecule has 0 fully saturated rings. The molecule has 0 bridgehead atoms. The molecule has 6 heteroatoms. The molecule has 0 spiro atoms. The number of amides is 1. The van der Waals surface area contributed by atoms with E-state index in [1.165, 1.54) is 70.3 Å². The van der Waals surface area contributed by atoms with Crippen LogP contribution in [-0.4, -0.2) is 38.9 Å². The highest BCUT2D eigenvalue weighted by Gasteiger charge is 2.12. The third-order valence-corrected chi connectivity index (χ3v) is 5.07. The summed E-state index contributed by atoms with van der Waals surface area (Å²) in [6.07, 6.45) is 19.0. The lowest BCUT2D eigenvalue weighted by molar-refractivity contribution is -0.126. The van der Waals surface area contributed by atoms with Gasteiger partial charge in [0.1, 0.15) is 5.69 Å². The number of carbonyl (C=O) groups excluding carboxylic acids is 1. The Morgan fingerprint density at radius 2 is 1.64 bits per heavy atom. The fraction of sp³-hybridized carbons (Fsp3) is 0.773. The maximum Gasteiger partial charge on any atom is 0.246 e. The Morgan fingerprint density at radius 3 is 2.18 bits per heavy atom. The number of aromatic nitrogens is 3. The molecular weight excluding hydrogens is 350 g/mol. The Labute approximate surface area is 171 Å². The van der Waals surface area contributed by atoms with E-state index in [1.54, 1.807) is 9.58 Å². The van der Waals surface area contributed by atoms with E-state index in [2.05, 4.69) is 23.8 Å². The fourth-order valence-electron chi connectivity index (χ4n) is 3.39. The molecule has 6 nitrogen and oxygen atoms in total. The first kappa shape index (κ1) is 24.3. The van der Waals surface area contributed by atoms with E-state index in [9.17, 15) is 4.79 Å². The number of hydrogen-bond acceptors (Lipinski definition) is 4. The predicted octanol–water partition coefficient (Wildman–Crippen LogP) is 4.45. The quantitative estimate of drug-likeness (QED) is 0.296. The van der Waals surface area contributed by atoms with Gasteiger partial charge in [-0.25, -0.2) is 0 Å². The summed E-state index contributed by atoms with van der Waals surface area (Å²) in [5, 5.41) is 8.16. The second kappa shape index (κ2) is 16.3. The average Bonchev–Trinajstić information content (AvgIpc) is 3.14. The SMILES string of the molecule is C=CC(=O)N(CCCCCCCCCCCCCC)Cc1cn(CCN)nn1. The third kappa shape index (κ3) is 11.2. The van der Waals surface area contributed by atoms with Crippen molar-refractivity contribution in [2.45, 2.75) is 97.1 Å². The Hall–Kier alpha value is -1.69. The molecule has 0 aromatic carbocycles. The highest BCUT2D eigenvalue weighted by atomic mass is 16.2.